The number of rotatable bonds is 7. The van der Waals surface area contributed by atoms with E-state index in [2.05, 4.69) is 180 Å². The van der Waals surface area contributed by atoms with Crippen LogP contribution in [0.2, 0.25) is 0 Å². The van der Waals surface area contributed by atoms with E-state index in [9.17, 15) is 0 Å². The van der Waals surface area contributed by atoms with Crippen molar-refractivity contribution in [2.24, 2.45) is 0 Å². The topological polar surface area (TPSA) is 44.3 Å². The zero-order valence-corrected chi connectivity index (χ0v) is 34.4. The second-order valence-electron chi connectivity index (χ2n) is 15.9. The molecule has 0 spiro atoms. The Bertz CT molecular complexity index is 2580. The maximum Gasteiger partial charge on any atom is 2.00 e. The Kier molecular flexibility index (Phi) is 10.5. The first-order chi connectivity index (χ1) is 26.1. The molecule has 0 saturated carbocycles. The van der Waals surface area contributed by atoms with E-state index in [1.165, 1.54) is 11.1 Å². The summed E-state index contributed by atoms with van der Waals surface area (Å²) in [6.07, 6.45) is 3.98. The molecule has 0 bridgehead atoms. The van der Waals surface area contributed by atoms with Crippen molar-refractivity contribution in [2.75, 3.05) is 0 Å². The Labute approximate surface area is 339 Å². The summed E-state index contributed by atoms with van der Waals surface area (Å²) in [5.74, 6) is 0. The summed E-state index contributed by atoms with van der Waals surface area (Å²) in [6.45, 7) is 13.5. The third kappa shape index (κ3) is 7.57. The molecule has 0 aliphatic heterocycles. The SMILES string of the molecule is CC(C)(C)c1ccc([N-]c2ccc(C(C)(C)C)cc2-c2nc3c(-c4[c-]cccc4)cccn3c2-c2ccccc2-c2ccccc2)c(-c2ccccn2)c1.[Pt+2]. The Morgan fingerprint density at radius 2 is 1.18 bits per heavy atom. The van der Waals surface area contributed by atoms with Crippen LogP contribution in [0.3, 0.4) is 0 Å². The molecule has 3 heterocycles. The van der Waals surface area contributed by atoms with E-state index in [-0.39, 0.29) is 31.9 Å². The fraction of sp³-hybridized carbons (Fsp3) is 0.160. The molecule has 0 atom stereocenters. The minimum absolute atomic E-state index is 0. The first-order valence-electron chi connectivity index (χ1n) is 18.6. The number of imidazole rings is 1. The Morgan fingerprint density at radius 3 is 1.84 bits per heavy atom. The third-order valence-electron chi connectivity index (χ3n) is 10.1. The molecular formula is C50H44N4Pt. The molecule has 0 aliphatic carbocycles. The molecule has 55 heavy (non-hydrogen) atoms. The minimum Gasteiger partial charge on any atom is -0.657 e. The maximum absolute atomic E-state index is 5.59. The van der Waals surface area contributed by atoms with Crippen molar-refractivity contribution in [1.82, 2.24) is 14.4 Å². The van der Waals surface area contributed by atoms with Gasteiger partial charge in [0.1, 0.15) is 5.65 Å². The first kappa shape index (κ1) is 37.7. The van der Waals surface area contributed by atoms with Crippen LogP contribution in [-0.4, -0.2) is 14.4 Å². The Morgan fingerprint density at radius 1 is 0.564 bits per heavy atom. The van der Waals surface area contributed by atoms with E-state index in [1.54, 1.807) is 0 Å². The summed E-state index contributed by atoms with van der Waals surface area (Å²) in [7, 11) is 0. The van der Waals surface area contributed by atoms with E-state index in [0.29, 0.717) is 0 Å². The van der Waals surface area contributed by atoms with Gasteiger partial charge in [-0.2, -0.15) is 0 Å². The number of nitrogens with zero attached hydrogens (tertiary/aromatic N) is 4. The van der Waals surface area contributed by atoms with Gasteiger partial charge in [0.25, 0.3) is 0 Å². The number of hydrogen-bond acceptors (Lipinski definition) is 2. The molecule has 0 aliphatic rings. The third-order valence-corrected chi connectivity index (χ3v) is 10.1. The van der Waals surface area contributed by atoms with Crippen molar-refractivity contribution in [1.29, 1.82) is 0 Å². The molecule has 5 aromatic carbocycles. The number of fused-ring (bicyclic) bond motifs is 1. The van der Waals surface area contributed by atoms with Gasteiger partial charge in [0.2, 0.25) is 0 Å². The Balaban J connectivity index is 0.00000465. The van der Waals surface area contributed by atoms with Crippen molar-refractivity contribution < 1.29 is 21.1 Å². The van der Waals surface area contributed by atoms with Gasteiger partial charge in [0.05, 0.1) is 17.1 Å². The summed E-state index contributed by atoms with van der Waals surface area (Å²) in [6, 6.07) is 54.4. The first-order valence-corrected chi connectivity index (χ1v) is 18.6. The summed E-state index contributed by atoms with van der Waals surface area (Å²) in [5, 5.41) is 5.51. The van der Waals surface area contributed by atoms with Crippen molar-refractivity contribution in [2.45, 2.75) is 52.4 Å². The van der Waals surface area contributed by atoms with Crippen LogP contribution in [0.25, 0.3) is 67.0 Å². The molecule has 3 aromatic heterocycles. The smallest absolute Gasteiger partial charge is 0.657 e. The minimum atomic E-state index is -0.105. The van der Waals surface area contributed by atoms with Gasteiger partial charge in [-0.3, -0.25) is 4.98 Å². The monoisotopic (exact) mass is 895 g/mol. The number of pyridine rings is 2. The van der Waals surface area contributed by atoms with E-state index in [1.807, 2.05) is 30.5 Å². The average Bonchev–Trinajstić information content (AvgIpc) is 3.58. The molecular weight excluding hydrogens is 852 g/mol. The second-order valence-corrected chi connectivity index (χ2v) is 15.9. The van der Waals surface area contributed by atoms with E-state index in [4.69, 9.17) is 15.3 Å². The summed E-state index contributed by atoms with van der Waals surface area (Å²) < 4.78 is 2.25. The number of hydrogen-bond donors (Lipinski definition) is 0. The van der Waals surface area contributed by atoms with Crippen molar-refractivity contribution in [3.05, 3.63) is 180 Å². The molecule has 0 saturated heterocycles. The van der Waals surface area contributed by atoms with E-state index < -0.39 is 0 Å². The van der Waals surface area contributed by atoms with Crippen molar-refractivity contribution >= 4 is 17.0 Å². The molecule has 0 unspecified atom stereocenters. The molecule has 5 heteroatoms. The molecule has 8 aromatic rings. The molecule has 274 valence electrons. The van der Waals surface area contributed by atoms with Crippen molar-refractivity contribution in [3.63, 3.8) is 0 Å². The molecule has 0 N–H and O–H groups in total. The van der Waals surface area contributed by atoms with Gasteiger partial charge in [-0.1, -0.05) is 156 Å². The van der Waals surface area contributed by atoms with Crippen LogP contribution < -0.4 is 0 Å². The summed E-state index contributed by atoms with van der Waals surface area (Å²) >= 11 is 0. The number of benzene rings is 5. The van der Waals surface area contributed by atoms with Gasteiger partial charge < -0.3 is 9.72 Å². The Hall–Kier alpha value is -5.57. The number of aromatic nitrogens is 3. The molecule has 8 rings (SSSR count). The van der Waals surface area contributed by atoms with Crippen LogP contribution in [0.15, 0.2) is 158 Å². The van der Waals surface area contributed by atoms with Gasteiger partial charge in [-0.25, -0.2) is 4.98 Å². The molecule has 0 radical (unpaired) electrons. The largest absolute Gasteiger partial charge is 2.00 e. The van der Waals surface area contributed by atoms with Crippen molar-refractivity contribution in [3.8, 4) is 56.0 Å². The molecule has 0 fully saturated rings. The van der Waals surface area contributed by atoms with Crippen LogP contribution in [0.5, 0.6) is 0 Å². The zero-order valence-electron chi connectivity index (χ0n) is 32.1. The van der Waals surface area contributed by atoms with Crippen LogP contribution in [-0.2, 0) is 31.9 Å². The molecule has 0 amide bonds. The average molecular weight is 896 g/mol. The van der Waals surface area contributed by atoms with E-state index >= 15 is 0 Å². The van der Waals surface area contributed by atoms with Crippen LogP contribution in [0.4, 0.5) is 11.4 Å². The fourth-order valence-corrected chi connectivity index (χ4v) is 7.09. The van der Waals surface area contributed by atoms with Gasteiger partial charge in [-0.15, -0.1) is 47.3 Å². The standard InChI is InChI=1S/C50H44N4.Pt/c1-49(2,3)36-26-28-44(41(32-36)43-25-15-16-30-51-43)52-45-29-27-37(50(4,5)6)33-42(45)46-47(40-23-14-13-22-38(40)34-18-9-7-10-19-34)54-31-17-24-39(48(54)53-46)35-20-11-8-12-21-35;/h7-20,22-33H,1-6H3;/q-2;+2. The summed E-state index contributed by atoms with van der Waals surface area (Å²) in [5.41, 5.74) is 15.0. The maximum atomic E-state index is 5.59. The molecule has 4 nitrogen and oxygen atoms in total. The fourth-order valence-electron chi connectivity index (χ4n) is 7.09. The predicted octanol–water partition coefficient (Wildman–Crippen LogP) is 13.8. The van der Waals surface area contributed by atoms with Gasteiger partial charge in [0.15, 0.2) is 0 Å². The van der Waals surface area contributed by atoms with Crippen LogP contribution in [0, 0.1) is 6.07 Å². The summed E-state index contributed by atoms with van der Waals surface area (Å²) in [4.78, 5) is 10.4. The normalized spacial score (nSPS) is 11.7. The second kappa shape index (κ2) is 15.3. The van der Waals surface area contributed by atoms with Gasteiger partial charge in [0, 0.05) is 18.0 Å². The predicted molar refractivity (Wildman–Crippen MR) is 226 cm³/mol. The van der Waals surface area contributed by atoms with Gasteiger partial charge >= 0.3 is 21.1 Å². The zero-order chi connectivity index (χ0) is 37.5. The van der Waals surface area contributed by atoms with Crippen LogP contribution in [0.1, 0.15) is 52.7 Å². The van der Waals surface area contributed by atoms with Gasteiger partial charge in [-0.05, 0) is 56.3 Å². The van der Waals surface area contributed by atoms with E-state index in [0.717, 1.165) is 73.0 Å². The quantitative estimate of drug-likeness (QED) is 0.150. The van der Waals surface area contributed by atoms with Crippen LogP contribution >= 0.6 is 0 Å².